The topological polar surface area (TPSA) is 102 Å². The highest BCUT2D eigenvalue weighted by molar-refractivity contribution is 5.93. The van der Waals surface area contributed by atoms with Gasteiger partial charge in [0.2, 0.25) is 5.88 Å². The van der Waals surface area contributed by atoms with Gasteiger partial charge in [-0.25, -0.2) is 19.2 Å². The molecule has 35 heavy (non-hydrogen) atoms. The van der Waals surface area contributed by atoms with Crippen LogP contribution in [0.15, 0.2) is 54.6 Å². The van der Waals surface area contributed by atoms with Crippen LogP contribution in [0, 0.1) is 17.3 Å². The first-order valence-electron chi connectivity index (χ1n) is 11.2. The number of methoxy groups -OCH3 is 1. The molecule has 9 heteroatoms. The number of carbonyl (C=O) groups is 1. The van der Waals surface area contributed by atoms with Gasteiger partial charge in [0.05, 0.1) is 29.4 Å². The normalized spacial score (nSPS) is 14.8. The Morgan fingerprint density at radius 1 is 1.23 bits per heavy atom. The Morgan fingerprint density at radius 2 is 2.09 bits per heavy atom. The molecule has 3 heterocycles. The van der Waals surface area contributed by atoms with Gasteiger partial charge in [0.15, 0.2) is 0 Å². The Morgan fingerprint density at radius 3 is 2.80 bits per heavy atom. The van der Waals surface area contributed by atoms with E-state index in [9.17, 15) is 4.79 Å². The average Bonchev–Trinajstić information content (AvgIpc) is 3.18. The SMILES string of the molecule is COC(=O)c1ccc2nc(Cc3ccc(-c4cccc(OC#N)n4)cc3F)n(C[C@@H]3CCN3)c2c1. The number of nitriles is 1. The number of carbonyl (C=O) groups excluding carboxylic acids is 1. The van der Waals surface area contributed by atoms with Crippen LogP contribution in [0.1, 0.15) is 28.2 Å². The van der Waals surface area contributed by atoms with Gasteiger partial charge in [0.1, 0.15) is 11.6 Å². The summed E-state index contributed by atoms with van der Waals surface area (Å²) in [6.07, 6.45) is 2.91. The van der Waals surface area contributed by atoms with Crippen molar-refractivity contribution < 1.29 is 18.7 Å². The molecule has 1 N–H and O–H groups in total. The van der Waals surface area contributed by atoms with E-state index in [1.54, 1.807) is 54.8 Å². The number of halogens is 1. The molecule has 1 aliphatic heterocycles. The molecule has 0 saturated carbocycles. The molecule has 2 aromatic carbocycles. The number of esters is 1. The largest absolute Gasteiger partial charge is 0.465 e. The van der Waals surface area contributed by atoms with Crippen LogP contribution < -0.4 is 10.1 Å². The lowest BCUT2D eigenvalue weighted by molar-refractivity contribution is 0.0601. The highest BCUT2D eigenvalue weighted by atomic mass is 19.1. The summed E-state index contributed by atoms with van der Waals surface area (Å²) < 4.78 is 26.9. The molecule has 0 aliphatic carbocycles. The molecule has 5 rings (SSSR count). The number of nitrogens with one attached hydrogen (secondary N) is 1. The Labute approximate surface area is 200 Å². The number of imidazole rings is 1. The molecular weight excluding hydrogens is 449 g/mol. The molecule has 0 spiro atoms. The molecule has 0 unspecified atom stereocenters. The van der Waals surface area contributed by atoms with Gasteiger partial charge >= 0.3 is 5.97 Å². The summed E-state index contributed by atoms with van der Waals surface area (Å²) in [6, 6.07) is 15.5. The van der Waals surface area contributed by atoms with Crippen LogP contribution in [0.2, 0.25) is 0 Å². The molecule has 0 radical (unpaired) electrons. The number of hydrogen-bond acceptors (Lipinski definition) is 7. The monoisotopic (exact) mass is 471 g/mol. The fourth-order valence-electron chi connectivity index (χ4n) is 4.18. The number of ether oxygens (including phenoxy) is 2. The second-order valence-corrected chi connectivity index (χ2v) is 8.31. The number of aromatic nitrogens is 3. The predicted molar refractivity (Wildman–Crippen MR) is 126 cm³/mol. The van der Waals surface area contributed by atoms with Gasteiger partial charge < -0.3 is 19.4 Å². The number of benzene rings is 2. The lowest BCUT2D eigenvalue weighted by atomic mass is 10.0. The van der Waals surface area contributed by atoms with E-state index in [1.807, 2.05) is 0 Å². The van der Waals surface area contributed by atoms with Crippen molar-refractivity contribution in [1.82, 2.24) is 19.9 Å². The smallest absolute Gasteiger partial charge is 0.337 e. The molecule has 1 saturated heterocycles. The summed E-state index contributed by atoms with van der Waals surface area (Å²) in [5.41, 5.74) is 3.56. The zero-order valence-electron chi connectivity index (χ0n) is 19.0. The first-order chi connectivity index (χ1) is 17.1. The zero-order chi connectivity index (χ0) is 24.4. The van der Waals surface area contributed by atoms with Crippen molar-refractivity contribution in [3.8, 4) is 23.4 Å². The van der Waals surface area contributed by atoms with Crippen molar-refractivity contribution in [2.75, 3.05) is 13.7 Å². The Bertz CT molecular complexity index is 1460. The van der Waals surface area contributed by atoms with Gasteiger partial charge in [0.25, 0.3) is 6.26 Å². The summed E-state index contributed by atoms with van der Waals surface area (Å²) >= 11 is 0. The molecule has 1 aliphatic rings. The van der Waals surface area contributed by atoms with E-state index in [2.05, 4.69) is 14.9 Å². The number of pyridine rings is 1. The summed E-state index contributed by atoms with van der Waals surface area (Å²) in [7, 11) is 1.35. The lowest BCUT2D eigenvalue weighted by Crippen LogP contribution is -2.45. The van der Waals surface area contributed by atoms with Crippen LogP contribution in [0.4, 0.5) is 4.39 Å². The molecule has 176 valence electrons. The minimum atomic E-state index is -0.414. The summed E-state index contributed by atoms with van der Waals surface area (Å²) in [5.74, 6) is 0.0676. The lowest BCUT2D eigenvalue weighted by Gasteiger charge is -2.28. The molecule has 4 aromatic rings. The van der Waals surface area contributed by atoms with Gasteiger partial charge in [-0.05, 0) is 48.9 Å². The third-order valence-electron chi connectivity index (χ3n) is 6.15. The van der Waals surface area contributed by atoms with Gasteiger partial charge in [-0.3, -0.25) is 0 Å². The maximum absolute atomic E-state index is 15.2. The second kappa shape index (κ2) is 9.52. The standard InChI is InChI=1S/C26H22FN5O3/c1-34-26(33)18-7-8-22-23(12-18)32(14-19-9-10-29-19)24(30-22)13-16-5-6-17(11-20(16)27)21-3-2-4-25(31-21)35-15-28/h2-8,11-12,19,29H,9-10,13-14H2,1H3/t19-/m0/s1. The van der Waals surface area contributed by atoms with E-state index in [0.717, 1.165) is 24.0 Å². The number of rotatable bonds is 7. The van der Waals surface area contributed by atoms with Crippen molar-refractivity contribution in [1.29, 1.82) is 5.26 Å². The highest BCUT2D eigenvalue weighted by Crippen LogP contribution is 2.26. The van der Waals surface area contributed by atoms with E-state index in [4.69, 9.17) is 19.7 Å². The molecule has 1 atom stereocenters. The first-order valence-corrected chi connectivity index (χ1v) is 11.2. The molecular formula is C26H22FN5O3. The van der Waals surface area contributed by atoms with E-state index in [0.29, 0.717) is 40.8 Å². The van der Waals surface area contributed by atoms with Crippen LogP contribution in [0.5, 0.6) is 5.88 Å². The predicted octanol–water partition coefficient (Wildman–Crippen LogP) is 3.84. The Balaban J connectivity index is 1.48. The Kier molecular flexibility index (Phi) is 6.12. The van der Waals surface area contributed by atoms with E-state index < -0.39 is 5.97 Å². The highest BCUT2D eigenvalue weighted by Gasteiger charge is 2.22. The summed E-state index contributed by atoms with van der Waals surface area (Å²) in [6.45, 7) is 1.64. The van der Waals surface area contributed by atoms with Crippen molar-refractivity contribution in [3.05, 3.63) is 77.4 Å². The third-order valence-corrected chi connectivity index (χ3v) is 6.15. The van der Waals surface area contributed by atoms with Crippen LogP contribution in [0.3, 0.4) is 0 Å². The van der Waals surface area contributed by atoms with Crippen molar-refractivity contribution in [3.63, 3.8) is 0 Å². The quantitative estimate of drug-likeness (QED) is 0.323. The van der Waals surface area contributed by atoms with Crippen LogP contribution in [0.25, 0.3) is 22.3 Å². The van der Waals surface area contributed by atoms with E-state index >= 15 is 4.39 Å². The van der Waals surface area contributed by atoms with Gasteiger partial charge in [-0.2, -0.15) is 0 Å². The minimum absolute atomic E-state index is 0.152. The second-order valence-electron chi connectivity index (χ2n) is 8.31. The van der Waals surface area contributed by atoms with Gasteiger partial charge in [0, 0.05) is 30.6 Å². The Hall–Kier alpha value is -4.29. The van der Waals surface area contributed by atoms with Gasteiger partial charge in [-0.1, -0.05) is 18.2 Å². The number of fused-ring (bicyclic) bond motifs is 1. The average molecular weight is 471 g/mol. The van der Waals surface area contributed by atoms with E-state index in [-0.39, 0.29) is 18.1 Å². The fourth-order valence-corrected chi connectivity index (χ4v) is 4.18. The maximum atomic E-state index is 15.2. The van der Waals surface area contributed by atoms with Gasteiger partial charge in [-0.15, -0.1) is 5.26 Å². The van der Waals surface area contributed by atoms with Crippen molar-refractivity contribution in [2.45, 2.75) is 25.4 Å². The van der Waals surface area contributed by atoms with Crippen LogP contribution in [-0.2, 0) is 17.7 Å². The minimum Gasteiger partial charge on any atom is -0.465 e. The number of hydrogen-bond donors (Lipinski definition) is 1. The van der Waals surface area contributed by atoms with Crippen LogP contribution >= 0.6 is 0 Å². The molecule has 0 amide bonds. The molecule has 0 bridgehead atoms. The fraction of sp³-hybridized carbons (Fsp3) is 0.231. The zero-order valence-corrected chi connectivity index (χ0v) is 19.0. The van der Waals surface area contributed by atoms with Crippen molar-refractivity contribution >= 4 is 17.0 Å². The first kappa shape index (κ1) is 22.5. The van der Waals surface area contributed by atoms with Crippen LogP contribution in [-0.4, -0.2) is 40.2 Å². The maximum Gasteiger partial charge on any atom is 0.337 e. The van der Waals surface area contributed by atoms with Crippen molar-refractivity contribution in [2.24, 2.45) is 0 Å². The molecule has 2 aromatic heterocycles. The summed E-state index contributed by atoms with van der Waals surface area (Å²) in [5, 5.41) is 12.1. The third kappa shape index (κ3) is 4.56. The summed E-state index contributed by atoms with van der Waals surface area (Å²) in [4.78, 5) is 21.1. The number of nitrogens with zero attached hydrogens (tertiary/aromatic N) is 4. The molecule has 8 nitrogen and oxygen atoms in total. The molecule has 1 fully saturated rings. The van der Waals surface area contributed by atoms with E-state index in [1.165, 1.54) is 13.2 Å².